The first-order valence-electron chi connectivity index (χ1n) is 7.93. The van der Waals surface area contributed by atoms with Gasteiger partial charge in [0.25, 0.3) is 0 Å². The van der Waals surface area contributed by atoms with Crippen LogP contribution >= 0.6 is 0 Å². The summed E-state index contributed by atoms with van der Waals surface area (Å²) in [5.74, 6) is -1.59. The van der Waals surface area contributed by atoms with Crippen LogP contribution in [0.1, 0.15) is 40.0 Å². The SMILES string of the molecule is C=CCC1(C(CCC)COC(C)OCC)C(=O)NC(=O)NC1=O. The number of amides is 4. The van der Waals surface area contributed by atoms with Crippen LogP contribution in [0.25, 0.3) is 0 Å². The third-order valence-electron chi connectivity index (χ3n) is 4.00. The molecule has 7 heteroatoms. The second-order valence-electron chi connectivity index (χ2n) is 5.54. The molecular weight excluding hydrogens is 300 g/mol. The van der Waals surface area contributed by atoms with Gasteiger partial charge in [-0.15, -0.1) is 6.58 Å². The summed E-state index contributed by atoms with van der Waals surface area (Å²) in [5, 5.41) is 4.39. The van der Waals surface area contributed by atoms with E-state index < -0.39 is 29.6 Å². The topological polar surface area (TPSA) is 93.7 Å². The molecule has 23 heavy (non-hydrogen) atoms. The van der Waals surface area contributed by atoms with Crippen molar-refractivity contribution in [2.75, 3.05) is 13.2 Å². The van der Waals surface area contributed by atoms with Gasteiger partial charge in [-0.05, 0) is 26.7 Å². The zero-order valence-corrected chi connectivity index (χ0v) is 14.0. The van der Waals surface area contributed by atoms with Gasteiger partial charge >= 0.3 is 6.03 Å². The van der Waals surface area contributed by atoms with Crippen LogP contribution in [0.3, 0.4) is 0 Å². The predicted molar refractivity (Wildman–Crippen MR) is 84.4 cm³/mol. The minimum atomic E-state index is -1.39. The Bertz CT molecular complexity index is 443. The van der Waals surface area contributed by atoms with E-state index in [2.05, 4.69) is 17.2 Å². The molecule has 7 nitrogen and oxygen atoms in total. The van der Waals surface area contributed by atoms with Crippen LogP contribution in [0.5, 0.6) is 0 Å². The number of urea groups is 1. The van der Waals surface area contributed by atoms with Crippen molar-refractivity contribution in [2.24, 2.45) is 11.3 Å². The Kier molecular flexibility index (Phi) is 7.38. The highest BCUT2D eigenvalue weighted by Gasteiger charge is 2.54. The van der Waals surface area contributed by atoms with Gasteiger partial charge in [-0.3, -0.25) is 20.2 Å². The van der Waals surface area contributed by atoms with Crippen molar-refractivity contribution in [2.45, 2.75) is 46.3 Å². The van der Waals surface area contributed by atoms with Crippen molar-refractivity contribution in [3.63, 3.8) is 0 Å². The summed E-state index contributed by atoms with van der Waals surface area (Å²) >= 11 is 0. The summed E-state index contributed by atoms with van der Waals surface area (Å²) in [7, 11) is 0. The lowest BCUT2D eigenvalue weighted by Crippen LogP contribution is -2.65. The monoisotopic (exact) mass is 326 g/mol. The van der Waals surface area contributed by atoms with Gasteiger partial charge in [0.05, 0.1) is 6.61 Å². The number of imide groups is 2. The average molecular weight is 326 g/mol. The van der Waals surface area contributed by atoms with Crippen molar-refractivity contribution in [3.8, 4) is 0 Å². The number of nitrogens with one attached hydrogen (secondary N) is 2. The van der Waals surface area contributed by atoms with Crippen molar-refractivity contribution in [1.29, 1.82) is 0 Å². The van der Waals surface area contributed by atoms with Crippen LogP contribution in [-0.2, 0) is 19.1 Å². The third kappa shape index (κ3) is 4.39. The Balaban J connectivity index is 3.04. The summed E-state index contributed by atoms with van der Waals surface area (Å²) in [6.45, 7) is 9.91. The zero-order valence-electron chi connectivity index (χ0n) is 14.0. The Morgan fingerprint density at radius 1 is 1.17 bits per heavy atom. The molecule has 1 saturated heterocycles. The number of allylic oxidation sites excluding steroid dienone is 1. The summed E-state index contributed by atoms with van der Waals surface area (Å²) in [4.78, 5) is 36.3. The molecule has 0 aromatic rings. The molecule has 0 radical (unpaired) electrons. The molecule has 1 rings (SSSR count). The normalized spacial score (nSPS) is 19.7. The molecule has 0 aliphatic carbocycles. The van der Waals surface area contributed by atoms with E-state index in [9.17, 15) is 14.4 Å². The van der Waals surface area contributed by atoms with E-state index in [1.165, 1.54) is 6.08 Å². The molecule has 0 saturated carbocycles. The first kappa shape index (κ1) is 19.3. The van der Waals surface area contributed by atoms with Gasteiger partial charge in [0.1, 0.15) is 5.41 Å². The highest BCUT2D eigenvalue weighted by atomic mass is 16.7. The molecule has 0 aromatic carbocycles. The molecule has 0 bridgehead atoms. The predicted octanol–water partition coefficient (Wildman–Crippen LogP) is 1.73. The second kappa shape index (κ2) is 8.79. The first-order valence-corrected chi connectivity index (χ1v) is 7.93. The van der Waals surface area contributed by atoms with Crippen LogP contribution in [-0.4, -0.2) is 37.3 Å². The van der Waals surface area contributed by atoms with E-state index in [0.29, 0.717) is 13.0 Å². The minimum Gasteiger partial charge on any atom is -0.353 e. The number of rotatable bonds is 10. The van der Waals surface area contributed by atoms with Crippen molar-refractivity contribution >= 4 is 17.8 Å². The van der Waals surface area contributed by atoms with Gasteiger partial charge in [-0.2, -0.15) is 0 Å². The van der Waals surface area contributed by atoms with E-state index >= 15 is 0 Å². The summed E-state index contributed by atoms with van der Waals surface area (Å²) in [5.41, 5.74) is -1.39. The third-order valence-corrected chi connectivity index (χ3v) is 4.00. The lowest BCUT2D eigenvalue weighted by Gasteiger charge is -2.39. The van der Waals surface area contributed by atoms with Gasteiger partial charge in [0, 0.05) is 12.5 Å². The lowest BCUT2D eigenvalue weighted by atomic mass is 9.69. The maximum Gasteiger partial charge on any atom is 0.328 e. The van der Waals surface area contributed by atoms with Crippen molar-refractivity contribution in [1.82, 2.24) is 10.6 Å². The zero-order chi connectivity index (χ0) is 17.5. The molecule has 1 heterocycles. The number of hydrogen-bond donors (Lipinski definition) is 2. The smallest absolute Gasteiger partial charge is 0.328 e. The van der Waals surface area contributed by atoms with E-state index in [-0.39, 0.29) is 18.9 Å². The first-order chi connectivity index (χ1) is 10.9. The summed E-state index contributed by atoms with van der Waals surface area (Å²) < 4.78 is 11.0. The molecule has 4 amide bonds. The molecule has 130 valence electrons. The number of carbonyl (C=O) groups excluding carboxylic acids is 3. The molecule has 2 atom stereocenters. The van der Waals surface area contributed by atoms with Gasteiger partial charge < -0.3 is 9.47 Å². The summed E-state index contributed by atoms with van der Waals surface area (Å²) in [6, 6.07) is -0.793. The van der Waals surface area contributed by atoms with Crippen LogP contribution in [0.2, 0.25) is 0 Å². The number of barbiturate groups is 1. The van der Waals surface area contributed by atoms with Gasteiger partial charge in [0.15, 0.2) is 6.29 Å². The molecule has 1 aliphatic rings. The Hall–Kier alpha value is -1.73. The van der Waals surface area contributed by atoms with Gasteiger partial charge in [-0.25, -0.2) is 4.79 Å². The molecule has 0 spiro atoms. The molecule has 2 N–H and O–H groups in total. The highest BCUT2D eigenvalue weighted by Crippen LogP contribution is 2.38. The molecule has 1 fully saturated rings. The van der Waals surface area contributed by atoms with Gasteiger partial charge in [-0.1, -0.05) is 19.4 Å². The number of hydrogen-bond acceptors (Lipinski definition) is 5. The van der Waals surface area contributed by atoms with Crippen molar-refractivity contribution in [3.05, 3.63) is 12.7 Å². The van der Waals surface area contributed by atoms with Crippen LogP contribution in [0, 0.1) is 11.3 Å². The van der Waals surface area contributed by atoms with Crippen LogP contribution < -0.4 is 10.6 Å². The lowest BCUT2D eigenvalue weighted by molar-refractivity contribution is -0.163. The maximum atomic E-state index is 12.5. The second-order valence-corrected chi connectivity index (χ2v) is 5.54. The van der Waals surface area contributed by atoms with Crippen LogP contribution in [0.15, 0.2) is 12.7 Å². The largest absolute Gasteiger partial charge is 0.353 e. The standard InChI is InChI=1S/C16H26N2O5/c1-5-8-12(10-23-11(4)22-7-3)16(9-6-2)13(19)17-15(21)18-14(16)20/h6,11-12H,2,5,7-10H2,1,3-4H3,(H2,17,18,19,20,21). The molecular formula is C16H26N2O5. The number of carbonyl (C=O) groups is 3. The fraction of sp³-hybridized carbons (Fsp3) is 0.688. The fourth-order valence-electron chi connectivity index (χ4n) is 2.87. The van der Waals surface area contributed by atoms with E-state index in [1.54, 1.807) is 6.92 Å². The Morgan fingerprint density at radius 2 is 1.78 bits per heavy atom. The van der Waals surface area contributed by atoms with E-state index in [0.717, 1.165) is 6.42 Å². The number of ether oxygens (including phenoxy) is 2. The highest BCUT2D eigenvalue weighted by molar-refractivity contribution is 6.19. The molecule has 2 unspecified atom stereocenters. The average Bonchev–Trinajstić information content (AvgIpc) is 2.48. The fourth-order valence-corrected chi connectivity index (χ4v) is 2.87. The van der Waals surface area contributed by atoms with Crippen LogP contribution in [0.4, 0.5) is 4.79 Å². The van der Waals surface area contributed by atoms with Gasteiger partial charge in [0.2, 0.25) is 11.8 Å². The quantitative estimate of drug-likeness (QED) is 0.362. The molecule has 0 aromatic heterocycles. The van der Waals surface area contributed by atoms with Crippen molar-refractivity contribution < 1.29 is 23.9 Å². The van der Waals surface area contributed by atoms with E-state index in [4.69, 9.17) is 9.47 Å². The Labute approximate surface area is 136 Å². The minimum absolute atomic E-state index is 0.134. The summed E-state index contributed by atoms with van der Waals surface area (Å²) in [6.07, 6.45) is 2.58. The maximum absolute atomic E-state index is 12.5. The Morgan fingerprint density at radius 3 is 2.26 bits per heavy atom. The van der Waals surface area contributed by atoms with E-state index in [1.807, 2.05) is 13.8 Å². The molecule has 1 aliphatic heterocycles.